The molecule has 0 unspecified atom stereocenters. The van der Waals surface area contributed by atoms with E-state index in [1.165, 1.54) is 25.3 Å². The molecular weight excluding hydrogens is 330 g/mol. The molecule has 3 rings (SSSR count). The SMILES string of the molecule is COc1cc(C)c(S(=O)(=O)n2c(=O)[nH]c3cc(N)ccc32)cc1C. The van der Waals surface area contributed by atoms with Crippen molar-refractivity contribution in [1.82, 2.24) is 8.96 Å². The van der Waals surface area contributed by atoms with Crippen LogP contribution in [0.3, 0.4) is 0 Å². The van der Waals surface area contributed by atoms with E-state index in [0.717, 1.165) is 3.97 Å². The Hall–Kier alpha value is -2.74. The largest absolute Gasteiger partial charge is 0.496 e. The Bertz CT molecular complexity index is 1110. The Morgan fingerprint density at radius 1 is 1.12 bits per heavy atom. The lowest BCUT2D eigenvalue weighted by atomic mass is 10.1. The number of imidazole rings is 1. The molecule has 3 N–H and O–H groups in total. The van der Waals surface area contributed by atoms with Gasteiger partial charge in [0.05, 0.1) is 23.0 Å². The maximum Gasteiger partial charge on any atom is 0.340 e. The van der Waals surface area contributed by atoms with Crippen LogP contribution in [0.4, 0.5) is 5.69 Å². The van der Waals surface area contributed by atoms with Gasteiger partial charge in [-0.25, -0.2) is 13.2 Å². The number of aryl methyl sites for hydroxylation is 2. The first-order chi connectivity index (χ1) is 11.3. The van der Waals surface area contributed by atoms with E-state index < -0.39 is 15.7 Å². The van der Waals surface area contributed by atoms with Crippen LogP contribution in [-0.2, 0) is 10.0 Å². The number of nitrogens with two attached hydrogens (primary N) is 1. The zero-order valence-corrected chi connectivity index (χ0v) is 14.3. The van der Waals surface area contributed by atoms with Gasteiger partial charge in [-0.1, -0.05) is 0 Å². The summed E-state index contributed by atoms with van der Waals surface area (Å²) in [6, 6.07) is 7.72. The van der Waals surface area contributed by atoms with Crippen LogP contribution >= 0.6 is 0 Å². The third kappa shape index (κ3) is 2.35. The molecule has 1 heterocycles. The van der Waals surface area contributed by atoms with E-state index in [1.54, 1.807) is 26.0 Å². The lowest BCUT2D eigenvalue weighted by molar-refractivity contribution is 0.411. The van der Waals surface area contributed by atoms with Crippen LogP contribution in [0.1, 0.15) is 11.1 Å². The normalized spacial score (nSPS) is 11.8. The molecule has 24 heavy (non-hydrogen) atoms. The number of nitrogens with one attached hydrogen (secondary N) is 1. The van der Waals surface area contributed by atoms with Crippen molar-refractivity contribution in [2.75, 3.05) is 12.8 Å². The standard InChI is InChI=1S/C16H17N3O4S/c1-9-7-15(10(2)6-14(9)23-3)24(21,22)19-13-5-4-11(17)8-12(13)18-16(19)20/h4-8H,17H2,1-3H3,(H,18,20). The molecule has 0 aliphatic heterocycles. The Morgan fingerprint density at radius 2 is 1.83 bits per heavy atom. The van der Waals surface area contributed by atoms with Crippen LogP contribution in [0.25, 0.3) is 11.0 Å². The molecule has 0 saturated heterocycles. The fraction of sp³-hybridized carbons (Fsp3) is 0.188. The number of nitrogen functional groups attached to an aromatic ring is 1. The molecule has 0 aliphatic carbocycles. The third-order valence-corrected chi connectivity index (χ3v) is 5.72. The average molecular weight is 347 g/mol. The molecule has 126 valence electrons. The second kappa shape index (κ2) is 5.41. The number of benzene rings is 2. The van der Waals surface area contributed by atoms with Gasteiger partial charge in [-0.3, -0.25) is 0 Å². The van der Waals surface area contributed by atoms with E-state index in [2.05, 4.69) is 4.98 Å². The topological polar surface area (TPSA) is 107 Å². The molecule has 0 spiro atoms. The lowest BCUT2D eigenvalue weighted by Crippen LogP contribution is -2.25. The molecule has 0 aliphatic rings. The van der Waals surface area contributed by atoms with Crippen LogP contribution in [0.2, 0.25) is 0 Å². The molecule has 0 atom stereocenters. The number of ether oxygens (including phenoxy) is 1. The van der Waals surface area contributed by atoms with E-state index in [1.807, 2.05) is 0 Å². The molecule has 8 heteroatoms. The lowest BCUT2D eigenvalue weighted by Gasteiger charge is -2.12. The summed E-state index contributed by atoms with van der Waals surface area (Å²) in [4.78, 5) is 14.8. The van der Waals surface area contributed by atoms with Crippen LogP contribution in [0.5, 0.6) is 5.75 Å². The Kier molecular flexibility index (Phi) is 3.64. The van der Waals surface area contributed by atoms with Gasteiger partial charge in [0.1, 0.15) is 5.75 Å². The highest BCUT2D eigenvalue weighted by molar-refractivity contribution is 7.90. The summed E-state index contributed by atoms with van der Waals surface area (Å²) in [6.07, 6.45) is 0. The summed E-state index contributed by atoms with van der Waals surface area (Å²) in [5, 5.41) is 0. The summed E-state index contributed by atoms with van der Waals surface area (Å²) in [7, 11) is -2.55. The van der Waals surface area contributed by atoms with Gasteiger partial charge in [0.25, 0.3) is 10.0 Å². The second-order valence-corrected chi connectivity index (χ2v) is 7.32. The van der Waals surface area contributed by atoms with E-state index >= 15 is 0 Å². The van der Waals surface area contributed by atoms with Crippen LogP contribution in [0, 0.1) is 13.8 Å². The van der Waals surface area contributed by atoms with Crippen LogP contribution < -0.4 is 16.2 Å². The third-order valence-electron chi connectivity index (χ3n) is 3.88. The summed E-state index contributed by atoms with van der Waals surface area (Å²) in [5.41, 5.74) is 7.17. The number of anilines is 1. The number of nitrogens with zero attached hydrogens (tertiary/aromatic N) is 1. The van der Waals surface area contributed by atoms with Crippen molar-refractivity contribution in [1.29, 1.82) is 0 Å². The minimum Gasteiger partial charge on any atom is -0.496 e. The molecule has 1 aromatic heterocycles. The van der Waals surface area contributed by atoms with Gasteiger partial charge in [0.15, 0.2) is 0 Å². The van der Waals surface area contributed by atoms with Crippen molar-refractivity contribution in [3.63, 3.8) is 0 Å². The summed E-state index contributed by atoms with van der Waals surface area (Å²) in [5.74, 6) is 0.588. The van der Waals surface area contributed by atoms with Gasteiger partial charge < -0.3 is 15.5 Å². The van der Waals surface area contributed by atoms with E-state index in [4.69, 9.17) is 10.5 Å². The quantitative estimate of drug-likeness (QED) is 0.702. The van der Waals surface area contributed by atoms with Gasteiger partial charge in [-0.15, -0.1) is 0 Å². The van der Waals surface area contributed by atoms with Gasteiger partial charge in [0.2, 0.25) is 0 Å². The van der Waals surface area contributed by atoms with Crippen molar-refractivity contribution in [2.45, 2.75) is 18.7 Å². The Morgan fingerprint density at radius 3 is 2.50 bits per heavy atom. The number of hydrogen-bond acceptors (Lipinski definition) is 5. The Labute approximate surface area is 138 Å². The first-order valence-electron chi connectivity index (χ1n) is 7.17. The molecule has 3 aromatic rings. The van der Waals surface area contributed by atoms with Gasteiger partial charge in [-0.2, -0.15) is 3.97 Å². The number of aromatic nitrogens is 2. The van der Waals surface area contributed by atoms with Crippen molar-refractivity contribution >= 4 is 26.7 Å². The predicted molar refractivity (Wildman–Crippen MR) is 92.0 cm³/mol. The minimum atomic E-state index is -4.07. The highest BCUT2D eigenvalue weighted by Gasteiger charge is 2.25. The molecule has 2 aromatic carbocycles. The summed E-state index contributed by atoms with van der Waals surface area (Å²) < 4.78 is 32.1. The van der Waals surface area contributed by atoms with Crippen molar-refractivity contribution in [3.8, 4) is 5.75 Å². The molecule has 7 nitrogen and oxygen atoms in total. The molecule has 0 fully saturated rings. The average Bonchev–Trinajstić information content (AvgIpc) is 2.84. The second-order valence-electron chi connectivity index (χ2n) is 5.56. The van der Waals surface area contributed by atoms with Crippen molar-refractivity contribution in [3.05, 3.63) is 51.9 Å². The molecular formula is C16H17N3O4S. The van der Waals surface area contributed by atoms with Crippen LogP contribution in [0.15, 0.2) is 40.0 Å². The number of rotatable bonds is 3. The van der Waals surface area contributed by atoms with E-state index in [9.17, 15) is 13.2 Å². The summed E-state index contributed by atoms with van der Waals surface area (Å²) in [6.45, 7) is 3.41. The molecule has 0 saturated carbocycles. The zero-order valence-electron chi connectivity index (χ0n) is 13.5. The monoisotopic (exact) mass is 347 g/mol. The van der Waals surface area contributed by atoms with Crippen molar-refractivity contribution < 1.29 is 13.2 Å². The Balaban J connectivity index is 2.32. The van der Waals surface area contributed by atoms with Gasteiger partial charge in [-0.05, 0) is 55.3 Å². The van der Waals surface area contributed by atoms with E-state index in [-0.39, 0.29) is 10.4 Å². The number of fused-ring (bicyclic) bond motifs is 1. The maximum atomic E-state index is 13.1. The van der Waals surface area contributed by atoms with Gasteiger partial charge in [0, 0.05) is 5.69 Å². The molecule has 0 bridgehead atoms. The fourth-order valence-corrected chi connectivity index (χ4v) is 4.37. The van der Waals surface area contributed by atoms with Crippen molar-refractivity contribution in [2.24, 2.45) is 0 Å². The number of hydrogen-bond donors (Lipinski definition) is 2. The number of H-pyrrole nitrogens is 1. The molecule has 0 amide bonds. The van der Waals surface area contributed by atoms with E-state index in [0.29, 0.717) is 28.1 Å². The fourth-order valence-electron chi connectivity index (χ4n) is 2.70. The summed E-state index contributed by atoms with van der Waals surface area (Å²) >= 11 is 0. The maximum absolute atomic E-state index is 13.1. The first kappa shape index (κ1) is 16.1. The minimum absolute atomic E-state index is 0.0561. The molecule has 0 radical (unpaired) electrons. The first-order valence-corrected chi connectivity index (χ1v) is 8.61. The van der Waals surface area contributed by atoms with Crippen LogP contribution in [-0.4, -0.2) is 24.5 Å². The number of methoxy groups -OCH3 is 1. The highest BCUT2D eigenvalue weighted by Crippen LogP contribution is 2.28. The zero-order chi connectivity index (χ0) is 17.6. The predicted octanol–water partition coefficient (Wildman–Crippen LogP) is 1.77. The highest BCUT2D eigenvalue weighted by atomic mass is 32.2. The number of aromatic amines is 1. The van der Waals surface area contributed by atoms with Gasteiger partial charge >= 0.3 is 5.69 Å². The smallest absolute Gasteiger partial charge is 0.340 e.